The van der Waals surface area contributed by atoms with Crippen LogP contribution in [0.5, 0.6) is 23.0 Å². The van der Waals surface area contributed by atoms with Crippen LogP contribution in [0.1, 0.15) is 38.7 Å². The Kier molecular flexibility index (Phi) is 9.81. The van der Waals surface area contributed by atoms with Crippen LogP contribution in [-0.4, -0.2) is 92.9 Å². The van der Waals surface area contributed by atoms with Gasteiger partial charge in [-0.1, -0.05) is 29.3 Å². The Hall–Kier alpha value is -4.00. The van der Waals surface area contributed by atoms with Crippen molar-refractivity contribution in [2.75, 3.05) is 46.4 Å². The first-order chi connectivity index (χ1) is 20.0. The van der Waals surface area contributed by atoms with Crippen molar-refractivity contribution in [3.05, 3.63) is 73.4 Å². The van der Waals surface area contributed by atoms with Crippen LogP contribution in [0, 0.1) is 0 Å². The molecule has 4 N–H and O–H groups in total. The second-order valence-corrected chi connectivity index (χ2v) is 10.6. The summed E-state index contributed by atoms with van der Waals surface area (Å²) < 4.78 is 6.65. The van der Waals surface area contributed by atoms with E-state index in [1.807, 2.05) is 0 Å². The molecule has 224 valence electrons. The molecule has 42 heavy (non-hydrogen) atoms. The lowest BCUT2D eigenvalue weighted by Gasteiger charge is -2.34. The molecule has 2 heterocycles. The number of benzene rings is 2. The quantitative estimate of drug-likeness (QED) is 0.208. The molecule has 2 aromatic carbocycles. The molecule has 2 amide bonds. The van der Waals surface area contributed by atoms with Crippen LogP contribution >= 0.6 is 23.2 Å². The van der Waals surface area contributed by atoms with E-state index in [-0.39, 0.29) is 23.4 Å². The molecule has 1 aliphatic heterocycles. The zero-order chi connectivity index (χ0) is 30.6. The van der Waals surface area contributed by atoms with Gasteiger partial charge in [0.15, 0.2) is 22.9 Å². The number of hydrogen-bond acceptors (Lipinski definition) is 9. The lowest BCUT2D eigenvalue weighted by molar-refractivity contribution is 0.0624. The van der Waals surface area contributed by atoms with Crippen molar-refractivity contribution in [2.24, 2.45) is 7.05 Å². The maximum atomic E-state index is 13.5. The standard InChI is InChI=1S/C28H31Cl2N5O7/c1-33-22(13-16-4-5-18(29)19(30)12-16)32-23(25(42-2)28(33)41)27(40)35-10-8-34(9-11-35)7-3-6-31-26(39)17-14-20(36)24(38)21(37)15-17/h4-5,12,14-15,36-38H,3,6-11,13H2,1-2H3,(H,31,39). The third-order valence-electron chi connectivity index (χ3n) is 7.02. The molecule has 1 saturated heterocycles. The maximum absolute atomic E-state index is 13.5. The maximum Gasteiger partial charge on any atom is 0.296 e. The first kappa shape index (κ1) is 30.9. The fraction of sp³-hybridized carbons (Fsp3) is 0.357. The number of amides is 2. The van der Waals surface area contributed by atoms with Crippen LogP contribution in [0.15, 0.2) is 35.1 Å². The molecule has 0 radical (unpaired) electrons. The van der Waals surface area contributed by atoms with Crippen molar-refractivity contribution in [1.29, 1.82) is 0 Å². The number of nitrogens with one attached hydrogen (secondary N) is 1. The van der Waals surface area contributed by atoms with Gasteiger partial charge in [0.1, 0.15) is 5.82 Å². The van der Waals surface area contributed by atoms with Crippen LogP contribution in [0.2, 0.25) is 10.0 Å². The second-order valence-electron chi connectivity index (χ2n) is 9.81. The molecule has 0 atom stereocenters. The van der Waals surface area contributed by atoms with Crippen LogP contribution in [0.25, 0.3) is 0 Å². The van der Waals surface area contributed by atoms with Crippen molar-refractivity contribution in [1.82, 2.24) is 24.7 Å². The van der Waals surface area contributed by atoms with Gasteiger partial charge in [0.2, 0.25) is 5.75 Å². The lowest BCUT2D eigenvalue weighted by atomic mass is 10.1. The minimum atomic E-state index is -0.683. The van der Waals surface area contributed by atoms with E-state index in [2.05, 4.69) is 15.2 Å². The smallest absolute Gasteiger partial charge is 0.296 e. The number of carbonyl (C=O) groups is 2. The number of nitrogens with zero attached hydrogens (tertiary/aromatic N) is 4. The molecule has 1 aromatic heterocycles. The minimum Gasteiger partial charge on any atom is -0.504 e. The summed E-state index contributed by atoms with van der Waals surface area (Å²) in [5.74, 6) is -2.48. The highest BCUT2D eigenvalue weighted by Crippen LogP contribution is 2.35. The van der Waals surface area contributed by atoms with Crippen molar-refractivity contribution in [3.63, 3.8) is 0 Å². The van der Waals surface area contributed by atoms with Gasteiger partial charge in [0.05, 0.1) is 17.2 Å². The summed E-state index contributed by atoms with van der Waals surface area (Å²) in [5, 5.41) is 32.1. The number of methoxy groups -OCH3 is 1. The Morgan fingerprint density at radius 2 is 1.69 bits per heavy atom. The van der Waals surface area contributed by atoms with Gasteiger partial charge in [0, 0.05) is 51.8 Å². The molecule has 0 unspecified atom stereocenters. The summed E-state index contributed by atoms with van der Waals surface area (Å²) in [6.45, 7) is 3.01. The van der Waals surface area contributed by atoms with Gasteiger partial charge in [-0.3, -0.25) is 23.9 Å². The van der Waals surface area contributed by atoms with E-state index in [4.69, 9.17) is 27.9 Å². The van der Waals surface area contributed by atoms with E-state index in [1.165, 1.54) is 11.7 Å². The number of ether oxygens (including phenoxy) is 1. The van der Waals surface area contributed by atoms with Crippen molar-refractivity contribution < 1.29 is 29.6 Å². The Balaban J connectivity index is 1.33. The Labute approximate surface area is 251 Å². The van der Waals surface area contributed by atoms with Crippen LogP contribution in [-0.2, 0) is 13.5 Å². The van der Waals surface area contributed by atoms with Crippen molar-refractivity contribution >= 4 is 35.0 Å². The number of hydrogen-bond donors (Lipinski definition) is 4. The number of phenolic OH excluding ortho intramolecular Hbond substituents is 3. The Bertz CT molecular complexity index is 1530. The number of aromatic nitrogens is 2. The molecule has 0 saturated carbocycles. The van der Waals surface area contributed by atoms with E-state index in [9.17, 15) is 29.7 Å². The molecule has 1 aliphatic rings. The summed E-state index contributed by atoms with van der Waals surface area (Å²) in [6.07, 6.45) is 0.879. The van der Waals surface area contributed by atoms with Gasteiger partial charge < -0.3 is 30.3 Å². The SMILES string of the molecule is COc1c(C(=O)N2CCN(CCCNC(=O)c3cc(O)c(O)c(O)c3)CC2)nc(Cc2ccc(Cl)c(Cl)c2)n(C)c1=O. The van der Waals surface area contributed by atoms with Crippen molar-refractivity contribution in [2.45, 2.75) is 12.8 Å². The first-order valence-electron chi connectivity index (χ1n) is 13.1. The zero-order valence-electron chi connectivity index (χ0n) is 23.1. The first-order valence-corrected chi connectivity index (χ1v) is 13.9. The molecule has 14 heteroatoms. The third-order valence-corrected chi connectivity index (χ3v) is 7.76. The monoisotopic (exact) mass is 619 g/mol. The Morgan fingerprint density at radius 1 is 1.02 bits per heavy atom. The van der Waals surface area contributed by atoms with Crippen LogP contribution < -0.4 is 15.6 Å². The molecular formula is C28H31Cl2N5O7. The molecule has 3 aromatic rings. The van der Waals surface area contributed by atoms with E-state index >= 15 is 0 Å². The number of rotatable bonds is 9. The number of phenols is 3. The second kappa shape index (κ2) is 13.3. The van der Waals surface area contributed by atoms with Gasteiger partial charge in [-0.05, 0) is 42.8 Å². The number of halogens is 2. The van der Waals surface area contributed by atoms with Gasteiger partial charge in [-0.2, -0.15) is 0 Å². The largest absolute Gasteiger partial charge is 0.504 e. The van der Waals surface area contributed by atoms with Crippen LogP contribution in [0.3, 0.4) is 0 Å². The summed E-state index contributed by atoms with van der Waals surface area (Å²) in [6, 6.07) is 7.27. The molecule has 0 spiro atoms. The van der Waals surface area contributed by atoms with E-state index < -0.39 is 34.6 Å². The molecular weight excluding hydrogens is 589 g/mol. The predicted molar refractivity (Wildman–Crippen MR) is 156 cm³/mol. The number of carbonyl (C=O) groups excluding carboxylic acids is 2. The van der Waals surface area contributed by atoms with Gasteiger partial charge in [-0.15, -0.1) is 0 Å². The highest BCUT2D eigenvalue weighted by atomic mass is 35.5. The molecule has 0 aliphatic carbocycles. The lowest BCUT2D eigenvalue weighted by Crippen LogP contribution is -2.49. The Morgan fingerprint density at radius 3 is 2.31 bits per heavy atom. The zero-order valence-corrected chi connectivity index (χ0v) is 24.6. The minimum absolute atomic E-state index is 0.0230. The van der Waals surface area contributed by atoms with Gasteiger partial charge >= 0.3 is 0 Å². The van der Waals surface area contributed by atoms with E-state index in [0.29, 0.717) is 61.6 Å². The van der Waals surface area contributed by atoms with Crippen LogP contribution in [0.4, 0.5) is 0 Å². The fourth-order valence-electron chi connectivity index (χ4n) is 4.61. The summed E-state index contributed by atoms with van der Waals surface area (Å²) >= 11 is 12.2. The number of aromatic hydroxyl groups is 3. The predicted octanol–water partition coefficient (Wildman–Crippen LogP) is 2.38. The average molecular weight is 620 g/mol. The summed E-state index contributed by atoms with van der Waals surface area (Å²) in [4.78, 5) is 47.1. The van der Waals surface area contributed by atoms with E-state index in [1.54, 1.807) is 30.1 Å². The molecule has 12 nitrogen and oxygen atoms in total. The molecule has 4 rings (SSSR count). The molecule has 0 bridgehead atoms. The highest BCUT2D eigenvalue weighted by Gasteiger charge is 2.28. The fourth-order valence-corrected chi connectivity index (χ4v) is 4.93. The van der Waals surface area contributed by atoms with Crippen molar-refractivity contribution in [3.8, 4) is 23.0 Å². The van der Waals surface area contributed by atoms with Gasteiger partial charge in [0.25, 0.3) is 17.4 Å². The normalized spacial score (nSPS) is 13.7. The highest BCUT2D eigenvalue weighted by molar-refractivity contribution is 6.42. The van der Waals surface area contributed by atoms with Gasteiger partial charge in [-0.25, -0.2) is 4.98 Å². The summed E-state index contributed by atoms with van der Waals surface area (Å²) in [5.41, 5.74) is 0.289. The summed E-state index contributed by atoms with van der Waals surface area (Å²) in [7, 11) is 2.90. The van der Waals surface area contributed by atoms with E-state index in [0.717, 1.165) is 17.7 Å². The number of piperazine rings is 1. The topological polar surface area (TPSA) is 157 Å². The molecule has 1 fully saturated rings. The average Bonchev–Trinajstić information content (AvgIpc) is 2.97. The third kappa shape index (κ3) is 6.89.